The van der Waals surface area contributed by atoms with E-state index in [0.29, 0.717) is 16.5 Å². The number of hydrogen-bond donors (Lipinski definition) is 2. The molecule has 0 aromatic heterocycles. The molecule has 108 valence electrons. The zero-order valence-electron chi connectivity index (χ0n) is 11.8. The number of anilines is 1. The molecule has 2 atom stereocenters. The summed E-state index contributed by atoms with van der Waals surface area (Å²) in [6.07, 6.45) is 5.47. The molecular weight excluding hydrogens is 272 g/mol. The molecule has 2 N–H and O–H groups in total. The van der Waals surface area contributed by atoms with Gasteiger partial charge in [-0.3, -0.25) is 4.79 Å². The van der Waals surface area contributed by atoms with Crippen molar-refractivity contribution in [2.45, 2.75) is 37.5 Å². The molecule has 1 aromatic carbocycles. The number of ketones is 1. The molecular formula is C15H20N2O2S. The maximum absolute atomic E-state index is 12.0. The Hall–Kier alpha value is -1.49. The summed E-state index contributed by atoms with van der Waals surface area (Å²) in [5.74, 6) is 0.0229. The summed E-state index contributed by atoms with van der Waals surface area (Å²) in [5.41, 5.74) is 1.35. The van der Waals surface area contributed by atoms with Gasteiger partial charge in [0.15, 0.2) is 5.78 Å². The average Bonchev–Trinajstić information content (AvgIpc) is 2.86. The minimum absolute atomic E-state index is 0.0229. The topological polar surface area (TPSA) is 58.2 Å². The molecule has 1 saturated carbocycles. The van der Waals surface area contributed by atoms with Crippen LogP contribution in [0.3, 0.4) is 0 Å². The van der Waals surface area contributed by atoms with Crippen LogP contribution in [0.1, 0.15) is 36.5 Å². The number of benzene rings is 1. The molecule has 20 heavy (non-hydrogen) atoms. The highest BCUT2D eigenvalue weighted by molar-refractivity contribution is 7.99. The Morgan fingerprint density at radius 2 is 1.90 bits per heavy atom. The van der Waals surface area contributed by atoms with Crippen LogP contribution in [0.5, 0.6) is 0 Å². The molecule has 0 heterocycles. The van der Waals surface area contributed by atoms with Gasteiger partial charge in [-0.15, -0.1) is 0 Å². The standard InChI is InChI=1S/C15H20N2O2S/c1-10(18)11-6-8-12(9-7-11)16-15(19)17-13-4-3-5-14(13)20-2/h6-9,13-14H,3-5H2,1-2H3,(H2,16,17,19). The van der Waals surface area contributed by atoms with Crippen LogP contribution in [0.4, 0.5) is 10.5 Å². The van der Waals surface area contributed by atoms with Gasteiger partial charge in [-0.25, -0.2) is 4.79 Å². The van der Waals surface area contributed by atoms with Gasteiger partial charge >= 0.3 is 6.03 Å². The SMILES string of the molecule is CSC1CCCC1NC(=O)Nc1ccc(C(C)=O)cc1. The van der Waals surface area contributed by atoms with Gasteiger partial charge in [0.2, 0.25) is 0 Å². The van der Waals surface area contributed by atoms with E-state index in [9.17, 15) is 9.59 Å². The van der Waals surface area contributed by atoms with Crippen molar-refractivity contribution < 1.29 is 9.59 Å². The fraction of sp³-hybridized carbons (Fsp3) is 0.467. The lowest BCUT2D eigenvalue weighted by atomic mass is 10.1. The van der Waals surface area contributed by atoms with Crippen molar-refractivity contribution in [1.29, 1.82) is 0 Å². The summed E-state index contributed by atoms with van der Waals surface area (Å²) >= 11 is 1.81. The highest BCUT2D eigenvalue weighted by Crippen LogP contribution is 2.28. The second-order valence-corrected chi connectivity index (χ2v) is 6.12. The van der Waals surface area contributed by atoms with E-state index in [1.807, 2.05) is 11.8 Å². The second kappa shape index (κ2) is 6.79. The summed E-state index contributed by atoms with van der Waals surface area (Å²) in [7, 11) is 0. The van der Waals surface area contributed by atoms with E-state index in [1.54, 1.807) is 24.3 Å². The third-order valence-corrected chi connectivity index (χ3v) is 4.79. The normalized spacial score (nSPS) is 21.5. The second-order valence-electron chi connectivity index (χ2n) is 5.04. The number of amides is 2. The van der Waals surface area contributed by atoms with Crippen LogP contribution in [0.25, 0.3) is 0 Å². The third kappa shape index (κ3) is 3.76. The summed E-state index contributed by atoms with van der Waals surface area (Å²) in [4.78, 5) is 23.1. The monoisotopic (exact) mass is 292 g/mol. The van der Waals surface area contributed by atoms with E-state index < -0.39 is 0 Å². The molecule has 2 amide bonds. The van der Waals surface area contributed by atoms with E-state index in [4.69, 9.17) is 0 Å². The Labute approximate surface area is 123 Å². The van der Waals surface area contributed by atoms with E-state index in [0.717, 1.165) is 6.42 Å². The quantitative estimate of drug-likeness (QED) is 0.837. The number of thioether (sulfide) groups is 1. The van der Waals surface area contributed by atoms with Gasteiger partial charge < -0.3 is 10.6 Å². The first-order valence-corrected chi connectivity index (χ1v) is 8.10. The summed E-state index contributed by atoms with van der Waals surface area (Å²) in [5, 5.41) is 6.35. The van der Waals surface area contributed by atoms with Gasteiger partial charge in [0, 0.05) is 22.5 Å². The first-order chi connectivity index (χ1) is 9.60. The van der Waals surface area contributed by atoms with E-state index in [1.165, 1.54) is 19.8 Å². The van der Waals surface area contributed by atoms with Gasteiger partial charge in [-0.05, 0) is 50.3 Å². The summed E-state index contributed by atoms with van der Waals surface area (Å²) in [6.45, 7) is 1.53. The molecule has 0 aliphatic heterocycles. The lowest BCUT2D eigenvalue weighted by Crippen LogP contribution is -2.41. The van der Waals surface area contributed by atoms with Crippen LogP contribution < -0.4 is 10.6 Å². The highest BCUT2D eigenvalue weighted by Gasteiger charge is 2.27. The Balaban J connectivity index is 1.89. The van der Waals surface area contributed by atoms with E-state index in [2.05, 4.69) is 16.9 Å². The predicted octanol–water partition coefficient (Wildman–Crippen LogP) is 3.29. The molecule has 1 aromatic rings. The van der Waals surface area contributed by atoms with Gasteiger partial charge in [0.05, 0.1) is 0 Å². The summed E-state index contributed by atoms with van der Waals surface area (Å²) in [6, 6.07) is 7.01. The number of nitrogens with one attached hydrogen (secondary N) is 2. The molecule has 4 nitrogen and oxygen atoms in total. The zero-order chi connectivity index (χ0) is 14.5. The number of urea groups is 1. The van der Waals surface area contributed by atoms with Gasteiger partial charge in [0.25, 0.3) is 0 Å². The van der Waals surface area contributed by atoms with Crippen molar-refractivity contribution in [3.05, 3.63) is 29.8 Å². The largest absolute Gasteiger partial charge is 0.334 e. The summed E-state index contributed by atoms with van der Waals surface area (Å²) < 4.78 is 0. The smallest absolute Gasteiger partial charge is 0.319 e. The van der Waals surface area contributed by atoms with Crippen LogP contribution in [0, 0.1) is 0 Å². The Bertz CT molecular complexity index is 487. The molecule has 0 bridgehead atoms. The maximum Gasteiger partial charge on any atom is 0.319 e. The molecule has 2 rings (SSSR count). The van der Waals surface area contributed by atoms with Crippen LogP contribution in [0.2, 0.25) is 0 Å². The van der Waals surface area contributed by atoms with Crippen LogP contribution >= 0.6 is 11.8 Å². The Morgan fingerprint density at radius 1 is 1.20 bits per heavy atom. The molecule has 5 heteroatoms. The molecule has 0 spiro atoms. The molecule has 0 saturated heterocycles. The maximum atomic E-state index is 12.0. The highest BCUT2D eigenvalue weighted by atomic mass is 32.2. The fourth-order valence-electron chi connectivity index (χ4n) is 2.50. The minimum Gasteiger partial charge on any atom is -0.334 e. The Kier molecular flexibility index (Phi) is 5.06. The van der Waals surface area contributed by atoms with Crippen LogP contribution in [-0.4, -0.2) is 29.4 Å². The number of carbonyl (C=O) groups is 2. The van der Waals surface area contributed by atoms with Gasteiger partial charge in [0.1, 0.15) is 0 Å². The lowest BCUT2D eigenvalue weighted by molar-refractivity contribution is 0.101. The van der Waals surface area contributed by atoms with Gasteiger partial charge in [-0.1, -0.05) is 6.42 Å². The first-order valence-electron chi connectivity index (χ1n) is 6.81. The zero-order valence-corrected chi connectivity index (χ0v) is 12.6. The van der Waals surface area contributed by atoms with Crippen molar-refractivity contribution in [2.24, 2.45) is 0 Å². The van der Waals surface area contributed by atoms with Crippen LogP contribution in [0.15, 0.2) is 24.3 Å². The third-order valence-electron chi connectivity index (χ3n) is 3.62. The first kappa shape index (κ1) is 14.9. The van der Waals surface area contributed by atoms with Crippen molar-refractivity contribution in [2.75, 3.05) is 11.6 Å². The molecule has 1 fully saturated rings. The molecule has 1 aliphatic carbocycles. The number of Topliss-reactive ketones (excluding diaryl/α,β-unsaturated/α-hetero) is 1. The van der Waals surface area contributed by atoms with Crippen molar-refractivity contribution in [3.63, 3.8) is 0 Å². The average molecular weight is 292 g/mol. The van der Waals surface area contributed by atoms with E-state index in [-0.39, 0.29) is 17.9 Å². The fourth-order valence-corrected chi connectivity index (χ4v) is 3.43. The van der Waals surface area contributed by atoms with Gasteiger partial charge in [-0.2, -0.15) is 11.8 Å². The van der Waals surface area contributed by atoms with E-state index >= 15 is 0 Å². The molecule has 1 aliphatic rings. The number of carbonyl (C=O) groups excluding carboxylic acids is 2. The lowest BCUT2D eigenvalue weighted by Gasteiger charge is -2.19. The molecule has 2 unspecified atom stereocenters. The van der Waals surface area contributed by atoms with Crippen molar-refractivity contribution in [1.82, 2.24) is 5.32 Å². The minimum atomic E-state index is -0.175. The Morgan fingerprint density at radius 3 is 2.50 bits per heavy atom. The van der Waals surface area contributed by atoms with Crippen molar-refractivity contribution >= 4 is 29.3 Å². The number of hydrogen-bond acceptors (Lipinski definition) is 3. The van der Waals surface area contributed by atoms with Crippen LogP contribution in [-0.2, 0) is 0 Å². The molecule has 0 radical (unpaired) electrons. The number of rotatable bonds is 4. The predicted molar refractivity (Wildman–Crippen MR) is 83.5 cm³/mol. The van der Waals surface area contributed by atoms with Crippen molar-refractivity contribution in [3.8, 4) is 0 Å².